The number of aliphatic hydroxyl groups is 1. The summed E-state index contributed by atoms with van der Waals surface area (Å²) in [5.74, 6) is -1.06. The number of nitrogens with zero attached hydrogens (tertiary/aromatic N) is 2. The van der Waals surface area contributed by atoms with Gasteiger partial charge in [-0.2, -0.15) is 17.5 Å². The van der Waals surface area contributed by atoms with Gasteiger partial charge in [0.1, 0.15) is 4.90 Å². The topological polar surface area (TPSA) is 126 Å². The molecule has 0 saturated carbocycles. The number of nitrogens with one attached hydrogen (secondary N) is 1. The third kappa shape index (κ3) is 4.24. The first-order chi connectivity index (χ1) is 11.7. The van der Waals surface area contributed by atoms with E-state index in [1.165, 1.54) is 4.31 Å². The van der Waals surface area contributed by atoms with Gasteiger partial charge in [-0.15, -0.1) is 0 Å². The standard InChI is InChI=1S/C14H19F3N4O4S/c1-13(2)6-21(7-13)26(24,25)8-3-9(18)11(19-4-8)12(23)20-5-10(22)14(15,16)17/h3-4,10,22H,5-7,18H2,1-2H3,(H,20,23). The largest absolute Gasteiger partial charge is 0.416 e. The fourth-order valence-corrected chi connectivity index (χ4v) is 4.21. The molecular weight excluding hydrogens is 377 g/mol. The second-order valence-electron chi connectivity index (χ2n) is 6.81. The van der Waals surface area contributed by atoms with Crippen LogP contribution >= 0.6 is 0 Å². The summed E-state index contributed by atoms with van der Waals surface area (Å²) < 4.78 is 62.8. The number of halogens is 3. The number of anilines is 1. The number of nitrogen functional groups attached to an aromatic ring is 1. The summed E-state index contributed by atoms with van der Waals surface area (Å²) in [6, 6.07) is 1.03. The van der Waals surface area contributed by atoms with E-state index in [1.54, 1.807) is 0 Å². The lowest BCUT2D eigenvalue weighted by Gasteiger charge is -2.44. The van der Waals surface area contributed by atoms with Crippen LogP contribution in [-0.4, -0.2) is 60.6 Å². The van der Waals surface area contributed by atoms with E-state index in [4.69, 9.17) is 10.8 Å². The van der Waals surface area contributed by atoms with E-state index in [9.17, 15) is 26.4 Å². The van der Waals surface area contributed by atoms with E-state index in [0.717, 1.165) is 12.3 Å². The van der Waals surface area contributed by atoms with Gasteiger partial charge in [-0.1, -0.05) is 13.8 Å². The first kappa shape index (κ1) is 20.4. The van der Waals surface area contributed by atoms with Gasteiger partial charge in [-0.05, 0) is 11.5 Å². The number of hydrogen-bond donors (Lipinski definition) is 3. The quantitative estimate of drug-likeness (QED) is 0.659. The van der Waals surface area contributed by atoms with Crippen molar-refractivity contribution in [2.75, 3.05) is 25.4 Å². The minimum absolute atomic E-state index is 0.134. The number of nitrogens with two attached hydrogens (primary N) is 1. The molecule has 1 atom stereocenters. The molecule has 8 nitrogen and oxygen atoms in total. The number of sulfonamides is 1. The van der Waals surface area contributed by atoms with Crippen LogP contribution < -0.4 is 11.1 Å². The molecule has 0 bridgehead atoms. The van der Waals surface area contributed by atoms with Crippen LogP contribution in [0.15, 0.2) is 17.2 Å². The van der Waals surface area contributed by atoms with Crippen molar-refractivity contribution in [1.29, 1.82) is 0 Å². The second kappa shape index (κ2) is 6.67. The Bertz CT molecular complexity index is 803. The van der Waals surface area contributed by atoms with Crippen LogP contribution in [0.2, 0.25) is 0 Å². The molecule has 1 saturated heterocycles. The van der Waals surface area contributed by atoms with E-state index in [1.807, 2.05) is 19.2 Å². The van der Waals surface area contributed by atoms with Gasteiger partial charge in [-0.3, -0.25) is 4.79 Å². The van der Waals surface area contributed by atoms with Gasteiger partial charge >= 0.3 is 6.18 Å². The minimum atomic E-state index is -4.88. The Labute approximate surface area is 148 Å². The van der Waals surface area contributed by atoms with Crippen molar-refractivity contribution in [3.8, 4) is 0 Å². The first-order valence-corrected chi connectivity index (χ1v) is 8.97. The lowest BCUT2D eigenvalue weighted by atomic mass is 9.87. The highest BCUT2D eigenvalue weighted by molar-refractivity contribution is 7.89. The molecule has 1 aromatic rings. The van der Waals surface area contributed by atoms with Crippen molar-refractivity contribution in [3.63, 3.8) is 0 Å². The molecule has 1 aromatic heterocycles. The molecule has 12 heteroatoms. The van der Waals surface area contributed by atoms with Crippen molar-refractivity contribution in [2.24, 2.45) is 5.41 Å². The number of aromatic nitrogens is 1. The molecule has 1 unspecified atom stereocenters. The van der Waals surface area contributed by atoms with Gasteiger partial charge in [0, 0.05) is 19.3 Å². The summed E-state index contributed by atoms with van der Waals surface area (Å²) >= 11 is 0. The SMILES string of the molecule is CC1(C)CN(S(=O)(=O)c2cnc(C(=O)NCC(O)C(F)(F)F)c(N)c2)C1. The van der Waals surface area contributed by atoms with Crippen molar-refractivity contribution < 1.29 is 31.5 Å². The van der Waals surface area contributed by atoms with Gasteiger partial charge < -0.3 is 16.2 Å². The number of carbonyl (C=O) groups excluding carboxylic acids is 1. The van der Waals surface area contributed by atoms with E-state index >= 15 is 0 Å². The predicted octanol–water partition coefficient (Wildman–Crippen LogP) is 0.347. The number of pyridine rings is 1. The van der Waals surface area contributed by atoms with Gasteiger partial charge in [0.25, 0.3) is 5.91 Å². The van der Waals surface area contributed by atoms with Crippen LogP contribution in [0.3, 0.4) is 0 Å². The second-order valence-corrected chi connectivity index (χ2v) is 8.75. The van der Waals surface area contributed by atoms with Crippen LogP contribution in [0.25, 0.3) is 0 Å². The Morgan fingerprint density at radius 2 is 2.04 bits per heavy atom. The molecule has 4 N–H and O–H groups in total. The molecule has 2 rings (SSSR count). The maximum Gasteiger partial charge on any atom is 0.416 e. The van der Waals surface area contributed by atoms with Crippen molar-refractivity contribution in [1.82, 2.24) is 14.6 Å². The third-order valence-corrected chi connectivity index (χ3v) is 5.54. The predicted molar refractivity (Wildman–Crippen MR) is 85.6 cm³/mol. The summed E-state index contributed by atoms with van der Waals surface area (Å²) in [5.41, 5.74) is 4.77. The molecule has 146 valence electrons. The highest BCUT2D eigenvalue weighted by Crippen LogP contribution is 2.34. The van der Waals surface area contributed by atoms with E-state index in [0.29, 0.717) is 13.1 Å². The maximum absolute atomic E-state index is 12.4. The van der Waals surface area contributed by atoms with Crippen molar-refractivity contribution in [2.45, 2.75) is 31.0 Å². The zero-order valence-corrected chi connectivity index (χ0v) is 14.9. The molecule has 0 aliphatic carbocycles. The number of aliphatic hydroxyl groups excluding tert-OH is 1. The van der Waals surface area contributed by atoms with E-state index < -0.39 is 40.4 Å². The van der Waals surface area contributed by atoms with Gasteiger partial charge in [0.2, 0.25) is 10.0 Å². The zero-order chi connectivity index (χ0) is 19.9. The molecule has 1 aliphatic heterocycles. The van der Waals surface area contributed by atoms with Crippen molar-refractivity contribution >= 4 is 21.6 Å². The number of amides is 1. The molecule has 1 amide bonds. The minimum Gasteiger partial charge on any atom is -0.397 e. The summed E-state index contributed by atoms with van der Waals surface area (Å²) in [6.45, 7) is 3.40. The number of alkyl halides is 3. The molecule has 1 fully saturated rings. The average Bonchev–Trinajstić information content (AvgIpc) is 2.48. The number of rotatable bonds is 5. The normalized spacial score (nSPS) is 18.8. The molecule has 0 aromatic carbocycles. The number of carbonyl (C=O) groups is 1. The Kier molecular flexibility index (Phi) is 5.23. The summed E-state index contributed by atoms with van der Waals surface area (Å²) in [6.07, 6.45) is -6.69. The maximum atomic E-state index is 12.4. The third-order valence-electron chi connectivity index (χ3n) is 3.79. The molecule has 26 heavy (non-hydrogen) atoms. The van der Waals surface area contributed by atoms with Crippen LogP contribution in [0, 0.1) is 5.41 Å². The Morgan fingerprint density at radius 3 is 2.50 bits per heavy atom. The zero-order valence-electron chi connectivity index (χ0n) is 14.0. The molecule has 2 heterocycles. The Hall–Kier alpha value is -1.92. The van der Waals surface area contributed by atoms with Crippen LogP contribution in [-0.2, 0) is 10.0 Å². The fraction of sp³-hybridized carbons (Fsp3) is 0.571. The molecular formula is C14H19F3N4O4S. The van der Waals surface area contributed by atoms with Crippen molar-refractivity contribution in [3.05, 3.63) is 18.0 Å². The highest BCUT2D eigenvalue weighted by atomic mass is 32.2. The monoisotopic (exact) mass is 396 g/mol. The Balaban J connectivity index is 2.11. The van der Waals surface area contributed by atoms with Gasteiger partial charge in [0.15, 0.2) is 11.8 Å². The summed E-state index contributed by atoms with van der Waals surface area (Å²) in [7, 11) is -3.81. The van der Waals surface area contributed by atoms with Gasteiger partial charge in [-0.25, -0.2) is 13.4 Å². The van der Waals surface area contributed by atoms with Crippen LogP contribution in [0.1, 0.15) is 24.3 Å². The van der Waals surface area contributed by atoms with E-state index in [-0.39, 0.29) is 16.0 Å². The molecule has 0 spiro atoms. The Morgan fingerprint density at radius 1 is 1.46 bits per heavy atom. The fourth-order valence-electron chi connectivity index (χ4n) is 2.41. The van der Waals surface area contributed by atoms with Crippen LogP contribution in [0.4, 0.5) is 18.9 Å². The highest BCUT2D eigenvalue weighted by Gasteiger charge is 2.42. The summed E-state index contributed by atoms with van der Waals surface area (Å²) in [5, 5.41) is 10.7. The van der Waals surface area contributed by atoms with Gasteiger partial charge in [0.05, 0.1) is 12.2 Å². The molecule has 0 radical (unpaired) electrons. The van der Waals surface area contributed by atoms with E-state index in [2.05, 4.69) is 4.98 Å². The first-order valence-electron chi connectivity index (χ1n) is 7.53. The number of hydrogen-bond acceptors (Lipinski definition) is 6. The smallest absolute Gasteiger partial charge is 0.397 e. The lowest BCUT2D eigenvalue weighted by Crippen LogP contribution is -2.55. The lowest BCUT2D eigenvalue weighted by molar-refractivity contribution is -0.201. The summed E-state index contributed by atoms with van der Waals surface area (Å²) in [4.78, 5) is 15.3. The van der Waals surface area contributed by atoms with Crippen LogP contribution in [0.5, 0.6) is 0 Å². The molecule has 1 aliphatic rings. The average molecular weight is 396 g/mol.